The van der Waals surface area contributed by atoms with Crippen molar-refractivity contribution in [2.75, 3.05) is 18.5 Å². The van der Waals surface area contributed by atoms with Gasteiger partial charge in [-0.1, -0.05) is 23.7 Å². The van der Waals surface area contributed by atoms with Crippen molar-refractivity contribution in [3.05, 3.63) is 45.7 Å². The summed E-state index contributed by atoms with van der Waals surface area (Å²) in [5, 5.41) is 3.70. The maximum absolute atomic E-state index is 6.06. The van der Waals surface area contributed by atoms with Gasteiger partial charge in [0.15, 0.2) is 16.7 Å². The zero-order chi connectivity index (χ0) is 13.9. The van der Waals surface area contributed by atoms with Gasteiger partial charge in [0.2, 0.25) is 0 Å². The molecule has 1 aliphatic rings. The number of para-hydroxylation sites is 1. The number of fused-ring (bicyclic) bond motifs is 1. The molecular formula is C14H12BrClN2O2. The highest BCUT2D eigenvalue weighted by Gasteiger charge is 2.15. The van der Waals surface area contributed by atoms with E-state index in [1.165, 1.54) is 0 Å². The molecule has 0 saturated heterocycles. The first kappa shape index (κ1) is 13.5. The lowest BCUT2D eigenvalue weighted by Crippen LogP contribution is -2.17. The van der Waals surface area contributed by atoms with E-state index in [0.717, 1.165) is 27.2 Å². The van der Waals surface area contributed by atoms with Crippen LogP contribution in [0.4, 0.5) is 5.69 Å². The summed E-state index contributed by atoms with van der Waals surface area (Å²) in [5.41, 5.74) is 1.80. The van der Waals surface area contributed by atoms with Gasteiger partial charge < -0.3 is 14.8 Å². The Bertz CT molecular complexity index is 637. The van der Waals surface area contributed by atoms with Crippen molar-refractivity contribution in [1.29, 1.82) is 0 Å². The maximum atomic E-state index is 6.06. The summed E-state index contributed by atoms with van der Waals surface area (Å²) >= 11 is 9.43. The molecule has 2 aromatic rings. The third-order valence-electron chi connectivity index (χ3n) is 2.92. The predicted octanol–water partition coefficient (Wildman–Crippen LogP) is 3.88. The Kier molecular flexibility index (Phi) is 3.98. The number of rotatable bonds is 3. The summed E-state index contributed by atoms with van der Waals surface area (Å²) in [6.07, 6.45) is 1.66. The van der Waals surface area contributed by atoms with Gasteiger partial charge in [-0.2, -0.15) is 0 Å². The molecule has 0 radical (unpaired) electrons. The zero-order valence-electron chi connectivity index (χ0n) is 10.5. The number of ether oxygens (including phenoxy) is 2. The Labute approximate surface area is 130 Å². The van der Waals surface area contributed by atoms with Gasteiger partial charge in [0.05, 0.1) is 5.69 Å². The molecule has 0 fully saturated rings. The SMILES string of the molecule is Clc1ncc(Br)cc1NCc1cccc2c1OCCO2. The number of pyridine rings is 1. The van der Waals surface area contributed by atoms with Crippen LogP contribution in [0.15, 0.2) is 34.9 Å². The second-order valence-corrected chi connectivity index (χ2v) is 5.56. The van der Waals surface area contributed by atoms with E-state index >= 15 is 0 Å². The van der Waals surface area contributed by atoms with Gasteiger partial charge in [0.1, 0.15) is 13.2 Å². The van der Waals surface area contributed by atoms with Crippen molar-refractivity contribution in [2.24, 2.45) is 0 Å². The fourth-order valence-corrected chi connectivity index (χ4v) is 2.51. The molecule has 0 bridgehead atoms. The molecule has 0 unspecified atom stereocenters. The van der Waals surface area contributed by atoms with Crippen LogP contribution in [0.1, 0.15) is 5.56 Å². The number of anilines is 1. The quantitative estimate of drug-likeness (QED) is 0.849. The van der Waals surface area contributed by atoms with Crippen molar-refractivity contribution >= 4 is 33.2 Å². The third-order valence-corrected chi connectivity index (χ3v) is 3.66. The standard InChI is InChI=1S/C14H12BrClN2O2/c15-10-6-11(14(16)18-8-10)17-7-9-2-1-3-12-13(9)20-5-4-19-12/h1-3,6,8,17H,4-5,7H2. The number of nitrogens with one attached hydrogen (secondary N) is 1. The molecule has 20 heavy (non-hydrogen) atoms. The average Bonchev–Trinajstić information content (AvgIpc) is 2.48. The number of benzene rings is 1. The second-order valence-electron chi connectivity index (χ2n) is 4.29. The molecule has 2 heterocycles. The van der Waals surface area contributed by atoms with Gasteiger partial charge >= 0.3 is 0 Å². The van der Waals surface area contributed by atoms with Crippen molar-refractivity contribution in [3.63, 3.8) is 0 Å². The van der Waals surface area contributed by atoms with Gasteiger partial charge in [-0.05, 0) is 28.1 Å². The lowest BCUT2D eigenvalue weighted by atomic mass is 10.1. The predicted molar refractivity (Wildman–Crippen MR) is 81.7 cm³/mol. The molecule has 1 aromatic heterocycles. The van der Waals surface area contributed by atoms with Crippen molar-refractivity contribution < 1.29 is 9.47 Å². The molecule has 0 atom stereocenters. The minimum absolute atomic E-state index is 0.440. The molecule has 0 aliphatic carbocycles. The highest BCUT2D eigenvalue weighted by molar-refractivity contribution is 9.10. The first-order chi connectivity index (χ1) is 9.74. The molecular weight excluding hydrogens is 344 g/mol. The van der Waals surface area contributed by atoms with E-state index in [1.807, 2.05) is 24.3 Å². The smallest absolute Gasteiger partial charge is 0.166 e. The molecule has 1 aromatic carbocycles. The monoisotopic (exact) mass is 354 g/mol. The van der Waals surface area contributed by atoms with E-state index in [9.17, 15) is 0 Å². The molecule has 6 heteroatoms. The summed E-state index contributed by atoms with van der Waals surface area (Å²) in [6, 6.07) is 7.75. The molecule has 0 amide bonds. The highest BCUT2D eigenvalue weighted by Crippen LogP contribution is 2.34. The summed E-state index contributed by atoms with van der Waals surface area (Å²) in [4.78, 5) is 4.08. The summed E-state index contributed by atoms with van der Waals surface area (Å²) in [5.74, 6) is 1.58. The summed E-state index contributed by atoms with van der Waals surface area (Å²) in [6.45, 7) is 1.75. The number of hydrogen-bond donors (Lipinski definition) is 1. The van der Waals surface area contributed by atoms with Crippen molar-refractivity contribution in [2.45, 2.75) is 6.54 Å². The average molecular weight is 356 g/mol. The van der Waals surface area contributed by atoms with E-state index < -0.39 is 0 Å². The number of aromatic nitrogens is 1. The highest BCUT2D eigenvalue weighted by atomic mass is 79.9. The number of nitrogens with zero attached hydrogens (tertiary/aromatic N) is 1. The molecule has 3 rings (SSSR count). The summed E-state index contributed by atoms with van der Waals surface area (Å²) < 4.78 is 12.1. The van der Waals surface area contributed by atoms with E-state index in [-0.39, 0.29) is 0 Å². The Hall–Kier alpha value is -1.46. The molecule has 0 spiro atoms. The van der Waals surface area contributed by atoms with Crippen LogP contribution < -0.4 is 14.8 Å². The van der Waals surface area contributed by atoms with Crippen LogP contribution in [0.3, 0.4) is 0 Å². The molecule has 0 saturated carbocycles. The molecule has 1 aliphatic heterocycles. The van der Waals surface area contributed by atoms with Gasteiger partial charge in [0.25, 0.3) is 0 Å². The van der Waals surface area contributed by atoms with Crippen LogP contribution >= 0.6 is 27.5 Å². The van der Waals surface area contributed by atoms with E-state index in [2.05, 4.69) is 26.2 Å². The Morgan fingerprint density at radius 3 is 3.05 bits per heavy atom. The topological polar surface area (TPSA) is 43.4 Å². The lowest BCUT2D eigenvalue weighted by molar-refractivity contribution is 0.170. The summed E-state index contributed by atoms with van der Waals surface area (Å²) in [7, 11) is 0. The van der Waals surface area contributed by atoms with Crippen LogP contribution in [0.5, 0.6) is 11.5 Å². The minimum atomic E-state index is 0.440. The number of hydrogen-bond acceptors (Lipinski definition) is 4. The van der Waals surface area contributed by atoms with E-state index in [4.69, 9.17) is 21.1 Å². The van der Waals surface area contributed by atoms with Crippen molar-refractivity contribution in [3.8, 4) is 11.5 Å². The Morgan fingerprint density at radius 1 is 1.30 bits per heavy atom. The third kappa shape index (κ3) is 2.83. The normalized spacial score (nSPS) is 13.1. The van der Waals surface area contributed by atoms with Crippen LogP contribution in [0, 0.1) is 0 Å². The van der Waals surface area contributed by atoms with Crippen LogP contribution in [0.2, 0.25) is 5.15 Å². The molecule has 1 N–H and O–H groups in total. The fraction of sp³-hybridized carbons (Fsp3) is 0.214. The van der Waals surface area contributed by atoms with Crippen molar-refractivity contribution in [1.82, 2.24) is 4.98 Å². The van der Waals surface area contributed by atoms with Crippen LogP contribution in [-0.2, 0) is 6.54 Å². The Morgan fingerprint density at radius 2 is 2.15 bits per heavy atom. The van der Waals surface area contributed by atoms with Gasteiger partial charge in [-0.3, -0.25) is 0 Å². The minimum Gasteiger partial charge on any atom is -0.486 e. The van der Waals surface area contributed by atoms with Gasteiger partial charge in [-0.25, -0.2) is 4.98 Å². The largest absolute Gasteiger partial charge is 0.486 e. The number of halogens is 2. The van der Waals surface area contributed by atoms with Crippen LogP contribution in [-0.4, -0.2) is 18.2 Å². The lowest BCUT2D eigenvalue weighted by Gasteiger charge is -2.21. The second kappa shape index (κ2) is 5.89. The Balaban J connectivity index is 1.80. The van der Waals surface area contributed by atoms with E-state index in [0.29, 0.717) is 24.9 Å². The van der Waals surface area contributed by atoms with E-state index in [1.54, 1.807) is 6.20 Å². The van der Waals surface area contributed by atoms with Gasteiger partial charge in [0, 0.05) is 22.8 Å². The fourth-order valence-electron chi connectivity index (χ4n) is 2.01. The van der Waals surface area contributed by atoms with Gasteiger partial charge in [-0.15, -0.1) is 0 Å². The molecule has 104 valence electrons. The first-order valence-electron chi connectivity index (χ1n) is 6.16. The van der Waals surface area contributed by atoms with Crippen LogP contribution in [0.25, 0.3) is 0 Å². The molecule has 4 nitrogen and oxygen atoms in total. The maximum Gasteiger partial charge on any atom is 0.166 e. The zero-order valence-corrected chi connectivity index (χ0v) is 12.9. The first-order valence-corrected chi connectivity index (χ1v) is 7.33.